The van der Waals surface area contributed by atoms with Gasteiger partial charge in [0.05, 0.1) is 14.2 Å². The molecule has 0 unspecified atom stereocenters. The second-order valence-corrected chi connectivity index (χ2v) is 8.55. The highest BCUT2D eigenvalue weighted by Gasteiger charge is 2.17. The molecule has 164 valence electrons. The summed E-state index contributed by atoms with van der Waals surface area (Å²) in [6.07, 6.45) is 0. The van der Waals surface area contributed by atoms with Crippen molar-refractivity contribution >= 4 is 34.1 Å². The van der Waals surface area contributed by atoms with Gasteiger partial charge < -0.3 is 14.0 Å². The highest BCUT2D eigenvalue weighted by Crippen LogP contribution is 2.33. The fourth-order valence-corrected chi connectivity index (χ4v) is 4.48. The maximum Gasteiger partial charge on any atom is 0.279 e. The molecule has 1 N–H and O–H groups in total. The molecule has 1 amide bonds. The predicted molar refractivity (Wildman–Crippen MR) is 119 cm³/mol. The quantitative estimate of drug-likeness (QED) is 0.286. The van der Waals surface area contributed by atoms with Crippen molar-refractivity contribution < 1.29 is 23.2 Å². The molecular weight excluding hydrogens is 455 g/mol. The molecule has 0 spiro atoms. The number of nitrogens with zero attached hydrogens (tertiary/aromatic N) is 3. The Morgan fingerprint density at radius 3 is 2.72 bits per heavy atom. The average molecular weight is 473 g/mol. The van der Waals surface area contributed by atoms with Gasteiger partial charge in [0, 0.05) is 17.4 Å². The van der Waals surface area contributed by atoms with E-state index in [1.165, 1.54) is 42.3 Å². The second kappa shape index (κ2) is 9.79. The number of benzene rings is 2. The Morgan fingerprint density at radius 2 is 1.94 bits per heavy atom. The minimum atomic E-state index is -0.484. The topological polar surface area (TPSA) is 99.4 Å². The molecule has 2 aromatic heterocycles. The van der Waals surface area contributed by atoms with Crippen LogP contribution in [0.3, 0.4) is 0 Å². The van der Waals surface area contributed by atoms with Crippen LogP contribution >= 0.6 is 23.1 Å². The van der Waals surface area contributed by atoms with Crippen molar-refractivity contribution in [3.63, 3.8) is 0 Å². The van der Waals surface area contributed by atoms with Crippen molar-refractivity contribution in [3.8, 4) is 22.8 Å². The maximum absolute atomic E-state index is 13.7. The van der Waals surface area contributed by atoms with Gasteiger partial charge in [-0.1, -0.05) is 46.5 Å². The Morgan fingerprint density at radius 1 is 1.12 bits per heavy atom. The molecule has 0 bridgehead atoms. The Labute approximate surface area is 190 Å². The van der Waals surface area contributed by atoms with Crippen LogP contribution in [0, 0.1) is 5.82 Å². The molecule has 0 saturated heterocycles. The third-order valence-electron chi connectivity index (χ3n) is 4.35. The highest BCUT2D eigenvalue weighted by atomic mass is 32.2. The Hall–Kier alpha value is -3.44. The Bertz CT molecular complexity index is 1240. The third kappa shape index (κ3) is 4.89. The van der Waals surface area contributed by atoms with Crippen molar-refractivity contribution in [1.82, 2.24) is 15.4 Å². The smallest absolute Gasteiger partial charge is 0.279 e. The lowest BCUT2D eigenvalue weighted by Crippen LogP contribution is -2.11. The zero-order valence-corrected chi connectivity index (χ0v) is 18.6. The van der Waals surface area contributed by atoms with Crippen LogP contribution in [0.25, 0.3) is 11.3 Å². The lowest BCUT2D eigenvalue weighted by atomic mass is 10.1. The number of carbonyl (C=O) groups excluding carboxylic acids is 1. The molecule has 0 aliphatic rings. The van der Waals surface area contributed by atoms with Crippen molar-refractivity contribution in [2.24, 2.45) is 0 Å². The van der Waals surface area contributed by atoms with Crippen molar-refractivity contribution in [3.05, 3.63) is 65.6 Å². The van der Waals surface area contributed by atoms with Gasteiger partial charge in [0.15, 0.2) is 27.3 Å². The SMILES string of the molecule is COc1ccc(-c2cc(C(=O)Nc3nnc(SCc4ccccc4F)s3)no2)cc1OC. The molecule has 2 heterocycles. The van der Waals surface area contributed by atoms with Crippen molar-refractivity contribution in [2.75, 3.05) is 19.5 Å². The fourth-order valence-electron chi connectivity index (χ4n) is 2.74. The predicted octanol–water partition coefficient (Wildman–Crippen LogP) is 4.89. The summed E-state index contributed by atoms with van der Waals surface area (Å²) in [4.78, 5) is 12.5. The lowest BCUT2D eigenvalue weighted by molar-refractivity contribution is 0.101. The molecule has 2 aromatic carbocycles. The largest absolute Gasteiger partial charge is 0.493 e. The van der Waals surface area contributed by atoms with Crippen LogP contribution in [0.15, 0.2) is 57.4 Å². The summed E-state index contributed by atoms with van der Waals surface area (Å²) in [5.74, 6) is 1.16. The standard InChI is InChI=1S/C21H17FN4O4S2/c1-28-16-8-7-12(9-18(16)29-2)17-10-15(26-30-17)19(27)23-20-24-25-21(32-20)31-11-13-5-3-4-6-14(13)22/h3-10H,11H2,1-2H3,(H,23,24,27). The minimum Gasteiger partial charge on any atom is -0.493 e. The zero-order valence-electron chi connectivity index (χ0n) is 17.0. The number of nitrogens with one attached hydrogen (secondary N) is 1. The van der Waals surface area contributed by atoms with Crippen LogP contribution in [0.4, 0.5) is 9.52 Å². The summed E-state index contributed by atoms with van der Waals surface area (Å²) in [6.45, 7) is 0. The van der Waals surface area contributed by atoms with Gasteiger partial charge in [0.25, 0.3) is 5.91 Å². The number of carbonyl (C=O) groups is 1. The molecule has 0 aliphatic carbocycles. The van der Waals surface area contributed by atoms with Gasteiger partial charge in [-0.3, -0.25) is 10.1 Å². The van der Waals surface area contributed by atoms with Crippen LogP contribution in [-0.4, -0.2) is 35.5 Å². The first-order chi connectivity index (χ1) is 15.6. The van der Waals surface area contributed by atoms with Crippen molar-refractivity contribution in [1.29, 1.82) is 0 Å². The third-order valence-corrected chi connectivity index (χ3v) is 6.37. The van der Waals surface area contributed by atoms with Gasteiger partial charge in [-0.05, 0) is 29.8 Å². The number of ether oxygens (including phenoxy) is 2. The number of anilines is 1. The van der Waals surface area contributed by atoms with E-state index in [-0.39, 0.29) is 11.5 Å². The number of methoxy groups -OCH3 is 2. The van der Waals surface area contributed by atoms with Crippen LogP contribution in [0.1, 0.15) is 16.1 Å². The minimum absolute atomic E-state index is 0.0885. The first-order valence-corrected chi connectivity index (χ1v) is 11.1. The van der Waals surface area contributed by atoms with Gasteiger partial charge in [-0.25, -0.2) is 4.39 Å². The lowest BCUT2D eigenvalue weighted by Gasteiger charge is -2.07. The highest BCUT2D eigenvalue weighted by molar-refractivity contribution is 8.00. The molecule has 0 saturated carbocycles. The number of halogens is 1. The number of hydrogen-bond donors (Lipinski definition) is 1. The summed E-state index contributed by atoms with van der Waals surface area (Å²) in [7, 11) is 3.08. The number of rotatable bonds is 8. The van der Waals surface area contributed by atoms with Gasteiger partial charge in [0.1, 0.15) is 5.82 Å². The van der Waals surface area contributed by atoms with E-state index in [2.05, 4.69) is 20.7 Å². The van der Waals surface area contributed by atoms with E-state index in [1.807, 2.05) is 0 Å². The number of aromatic nitrogens is 3. The maximum atomic E-state index is 13.7. The summed E-state index contributed by atoms with van der Waals surface area (Å²) < 4.78 is 30.1. The van der Waals surface area contributed by atoms with Gasteiger partial charge in [-0.2, -0.15) is 0 Å². The van der Waals surface area contributed by atoms with Crippen molar-refractivity contribution in [2.45, 2.75) is 10.1 Å². The molecule has 0 atom stereocenters. The average Bonchev–Trinajstić information content (AvgIpc) is 3.48. The fraction of sp³-hybridized carbons (Fsp3) is 0.143. The van der Waals surface area contributed by atoms with Crippen LogP contribution < -0.4 is 14.8 Å². The van der Waals surface area contributed by atoms with E-state index in [9.17, 15) is 9.18 Å². The molecule has 4 aromatic rings. The molecule has 8 nitrogen and oxygen atoms in total. The van der Waals surface area contributed by atoms with Crippen LogP contribution in [0.5, 0.6) is 11.5 Å². The molecular formula is C21H17FN4O4S2. The van der Waals surface area contributed by atoms with E-state index < -0.39 is 5.91 Å². The number of thioether (sulfide) groups is 1. The second-order valence-electron chi connectivity index (χ2n) is 6.35. The summed E-state index contributed by atoms with van der Waals surface area (Å²) in [5.41, 5.74) is 1.34. The van der Waals surface area contributed by atoms with Gasteiger partial charge in [-0.15, -0.1) is 10.2 Å². The van der Waals surface area contributed by atoms with Gasteiger partial charge >= 0.3 is 0 Å². The van der Waals surface area contributed by atoms with E-state index in [0.717, 1.165) is 0 Å². The first kappa shape index (κ1) is 21.8. The first-order valence-electron chi connectivity index (χ1n) is 9.27. The molecule has 0 fully saturated rings. The zero-order chi connectivity index (χ0) is 22.5. The molecule has 32 heavy (non-hydrogen) atoms. The molecule has 11 heteroatoms. The summed E-state index contributed by atoms with van der Waals surface area (Å²) in [6, 6.07) is 13.3. The monoisotopic (exact) mass is 472 g/mol. The van der Waals surface area contributed by atoms with Crippen LogP contribution in [0.2, 0.25) is 0 Å². The number of amides is 1. The Kier molecular flexibility index (Phi) is 6.66. The molecule has 4 rings (SSSR count). The van der Waals surface area contributed by atoms with E-state index >= 15 is 0 Å². The Balaban J connectivity index is 1.40. The summed E-state index contributed by atoms with van der Waals surface area (Å²) in [5, 5.41) is 14.8. The van der Waals surface area contributed by atoms with E-state index in [1.54, 1.807) is 43.5 Å². The summed E-state index contributed by atoms with van der Waals surface area (Å²) >= 11 is 2.53. The number of hydrogen-bond acceptors (Lipinski definition) is 9. The normalized spacial score (nSPS) is 10.7. The van der Waals surface area contributed by atoms with E-state index in [0.29, 0.717) is 43.6 Å². The van der Waals surface area contributed by atoms with E-state index in [4.69, 9.17) is 14.0 Å². The molecule has 0 aliphatic heterocycles. The van der Waals surface area contributed by atoms with Crippen LogP contribution in [-0.2, 0) is 5.75 Å². The molecule has 0 radical (unpaired) electrons. The van der Waals surface area contributed by atoms with Gasteiger partial charge in [0.2, 0.25) is 5.13 Å².